The maximum Gasteiger partial charge on any atom is 0.407 e. The van der Waals surface area contributed by atoms with Crippen molar-refractivity contribution in [3.05, 3.63) is 29.3 Å². The van der Waals surface area contributed by atoms with Crippen LogP contribution in [0.5, 0.6) is 0 Å². The Bertz CT molecular complexity index is 805. The van der Waals surface area contributed by atoms with Crippen LogP contribution in [0.4, 0.5) is 4.79 Å². The van der Waals surface area contributed by atoms with Gasteiger partial charge < -0.3 is 15.0 Å². The SMILES string of the molecule is CC(C)(C)OC(=O)NCCCC(=O)N1CCN(Cc2nc3ccccc3s2)CC1. The summed E-state index contributed by atoms with van der Waals surface area (Å²) in [6.07, 6.45) is 0.617. The van der Waals surface area contributed by atoms with Crippen LogP contribution >= 0.6 is 11.3 Å². The van der Waals surface area contributed by atoms with Crippen molar-refractivity contribution in [1.82, 2.24) is 20.1 Å². The molecule has 2 aromatic rings. The first kappa shape index (κ1) is 21.5. The van der Waals surface area contributed by atoms with E-state index in [1.165, 1.54) is 4.70 Å². The van der Waals surface area contributed by atoms with Crippen molar-refractivity contribution < 1.29 is 14.3 Å². The molecule has 0 atom stereocenters. The van der Waals surface area contributed by atoms with Crippen LogP contribution in [0.3, 0.4) is 0 Å². The summed E-state index contributed by atoms with van der Waals surface area (Å²) in [7, 11) is 0. The highest BCUT2D eigenvalue weighted by molar-refractivity contribution is 7.18. The zero-order valence-electron chi connectivity index (χ0n) is 17.4. The molecule has 0 unspecified atom stereocenters. The first-order chi connectivity index (χ1) is 13.8. The van der Waals surface area contributed by atoms with Crippen LogP contribution < -0.4 is 5.32 Å². The molecule has 29 heavy (non-hydrogen) atoms. The van der Waals surface area contributed by atoms with Gasteiger partial charge in [0.1, 0.15) is 10.6 Å². The molecule has 7 nitrogen and oxygen atoms in total. The van der Waals surface area contributed by atoms with E-state index in [-0.39, 0.29) is 5.91 Å². The average molecular weight is 419 g/mol. The number of amides is 2. The normalized spacial score (nSPS) is 15.5. The molecule has 0 spiro atoms. The number of aromatic nitrogens is 1. The summed E-state index contributed by atoms with van der Waals surface area (Å²) in [5.41, 5.74) is 0.548. The van der Waals surface area contributed by atoms with Crippen LogP contribution in [0.1, 0.15) is 38.6 Å². The van der Waals surface area contributed by atoms with E-state index in [1.54, 1.807) is 11.3 Å². The van der Waals surface area contributed by atoms with Crippen LogP contribution in [0, 0.1) is 0 Å². The fourth-order valence-electron chi connectivity index (χ4n) is 3.24. The highest BCUT2D eigenvalue weighted by Crippen LogP contribution is 2.23. The van der Waals surface area contributed by atoms with Gasteiger partial charge in [0.15, 0.2) is 0 Å². The number of benzene rings is 1. The van der Waals surface area contributed by atoms with Crippen molar-refractivity contribution in [3.63, 3.8) is 0 Å². The Morgan fingerprint density at radius 1 is 1.17 bits per heavy atom. The number of carbonyl (C=O) groups excluding carboxylic acids is 2. The number of ether oxygens (including phenoxy) is 1. The molecule has 2 heterocycles. The molecular weight excluding hydrogens is 388 g/mol. The second-order valence-electron chi connectivity index (χ2n) is 8.26. The fraction of sp³-hybridized carbons (Fsp3) is 0.571. The van der Waals surface area contributed by atoms with E-state index >= 15 is 0 Å². The van der Waals surface area contributed by atoms with Gasteiger partial charge >= 0.3 is 6.09 Å². The molecular formula is C21H30N4O3S. The lowest BCUT2D eigenvalue weighted by Crippen LogP contribution is -2.48. The summed E-state index contributed by atoms with van der Waals surface area (Å²) in [6, 6.07) is 8.20. The largest absolute Gasteiger partial charge is 0.444 e. The van der Waals surface area contributed by atoms with Crippen molar-refractivity contribution in [2.24, 2.45) is 0 Å². The van der Waals surface area contributed by atoms with Gasteiger partial charge in [-0.25, -0.2) is 9.78 Å². The standard InChI is InChI=1S/C21H30N4O3S/c1-21(2,3)28-20(27)22-10-6-9-19(26)25-13-11-24(12-14-25)15-18-23-16-7-4-5-8-17(16)29-18/h4-5,7-8H,6,9-15H2,1-3H3,(H,22,27). The highest BCUT2D eigenvalue weighted by Gasteiger charge is 2.22. The molecule has 1 N–H and O–H groups in total. The molecule has 158 valence electrons. The highest BCUT2D eigenvalue weighted by atomic mass is 32.1. The van der Waals surface area contributed by atoms with Gasteiger partial charge in [0, 0.05) is 39.1 Å². The van der Waals surface area contributed by atoms with E-state index in [9.17, 15) is 9.59 Å². The third-order valence-corrected chi connectivity index (χ3v) is 5.68. The number of carbonyl (C=O) groups is 2. The molecule has 0 saturated carbocycles. The quantitative estimate of drug-likeness (QED) is 0.729. The molecule has 1 aliphatic heterocycles. The summed E-state index contributed by atoms with van der Waals surface area (Å²) in [5.74, 6) is 0.149. The number of thiazole rings is 1. The minimum absolute atomic E-state index is 0.149. The summed E-state index contributed by atoms with van der Waals surface area (Å²) >= 11 is 1.74. The summed E-state index contributed by atoms with van der Waals surface area (Å²) in [4.78, 5) is 33.0. The number of alkyl carbamates (subject to hydrolysis) is 1. The second kappa shape index (κ2) is 9.54. The molecule has 1 saturated heterocycles. The zero-order valence-corrected chi connectivity index (χ0v) is 18.3. The topological polar surface area (TPSA) is 74.8 Å². The van der Waals surface area contributed by atoms with Gasteiger partial charge in [-0.05, 0) is 39.3 Å². The van der Waals surface area contributed by atoms with Crippen LogP contribution in [0.2, 0.25) is 0 Å². The van der Waals surface area contributed by atoms with E-state index in [0.717, 1.165) is 43.2 Å². The number of nitrogens with one attached hydrogen (secondary N) is 1. The minimum atomic E-state index is -0.509. The molecule has 0 bridgehead atoms. The zero-order chi connectivity index (χ0) is 20.9. The number of para-hydroxylation sites is 1. The van der Waals surface area contributed by atoms with Crippen molar-refractivity contribution in [2.45, 2.75) is 45.8 Å². The van der Waals surface area contributed by atoms with Crippen molar-refractivity contribution in [3.8, 4) is 0 Å². The smallest absolute Gasteiger partial charge is 0.407 e. The fourth-order valence-corrected chi connectivity index (χ4v) is 4.25. The molecule has 8 heteroatoms. The predicted molar refractivity (Wildman–Crippen MR) is 115 cm³/mol. The van der Waals surface area contributed by atoms with E-state index in [2.05, 4.69) is 16.3 Å². The predicted octanol–water partition coefficient (Wildman–Crippen LogP) is 3.25. The Morgan fingerprint density at radius 3 is 2.59 bits per heavy atom. The lowest BCUT2D eigenvalue weighted by Gasteiger charge is -2.34. The first-order valence-corrected chi connectivity index (χ1v) is 10.9. The number of rotatable bonds is 6. The average Bonchev–Trinajstić information content (AvgIpc) is 3.06. The van der Waals surface area contributed by atoms with Crippen LogP contribution in [0.15, 0.2) is 24.3 Å². The van der Waals surface area contributed by atoms with Gasteiger partial charge in [-0.3, -0.25) is 9.69 Å². The van der Waals surface area contributed by atoms with Gasteiger partial charge in [0.05, 0.1) is 16.8 Å². The third-order valence-electron chi connectivity index (χ3n) is 4.66. The monoisotopic (exact) mass is 418 g/mol. The van der Waals surface area contributed by atoms with Crippen molar-refractivity contribution in [1.29, 1.82) is 0 Å². The molecule has 1 aromatic carbocycles. The van der Waals surface area contributed by atoms with E-state index < -0.39 is 11.7 Å². The number of nitrogens with zero attached hydrogens (tertiary/aromatic N) is 3. The van der Waals surface area contributed by atoms with Gasteiger partial charge in [-0.15, -0.1) is 11.3 Å². The molecule has 0 radical (unpaired) electrons. The molecule has 1 fully saturated rings. The number of hydrogen-bond donors (Lipinski definition) is 1. The van der Waals surface area contributed by atoms with Crippen molar-refractivity contribution >= 4 is 33.6 Å². The van der Waals surface area contributed by atoms with Gasteiger partial charge in [-0.2, -0.15) is 0 Å². The third kappa shape index (κ3) is 6.68. The van der Waals surface area contributed by atoms with E-state index in [1.807, 2.05) is 43.9 Å². The maximum atomic E-state index is 12.4. The number of hydrogen-bond acceptors (Lipinski definition) is 6. The molecule has 2 amide bonds. The Hall–Kier alpha value is -2.19. The Morgan fingerprint density at radius 2 is 1.90 bits per heavy atom. The van der Waals surface area contributed by atoms with Crippen molar-refractivity contribution in [2.75, 3.05) is 32.7 Å². The minimum Gasteiger partial charge on any atom is -0.444 e. The lowest BCUT2D eigenvalue weighted by atomic mass is 10.2. The Kier molecular flexibility index (Phi) is 7.08. The van der Waals surface area contributed by atoms with Crippen LogP contribution in [-0.2, 0) is 16.1 Å². The van der Waals surface area contributed by atoms with Crippen LogP contribution in [0.25, 0.3) is 10.2 Å². The first-order valence-electron chi connectivity index (χ1n) is 10.1. The Labute approximate surface area is 176 Å². The van der Waals surface area contributed by atoms with Gasteiger partial charge in [0.2, 0.25) is 5.91 Å². The maximum absolute atomic E-state index is 12.4. The van der Waals surface area contributed by atoms with Gasteiger partial charge in [0.25, 0.3) is 0 Å². The second-order valence-corrected chi connectivity index (χ2v) is 9.38. The number of piperazine rings is 1. The molecule has 1 aliphatic rings. The number of fused-ring (bicyclic) bond motifs is 1. The summed E-state index contributed by atoms with van der Waals surface area (Å²) in [6.45, 7) is 9.95. The Balaban J connectivity index is 1.34. The molecule has 0 aliphatic carbocycles. The summed E-state index contributed by atoms with van der Waals surface area (Å²) < 4.78 is 6.40. The van der Waals surface area contributed by atoms with Gasteiger partial charge in [-0.1, -0.05) is 12.1 Å². The van der Waals surface area contributed by atoms with Crippen LogP contribution in [-0.4, -0.2) is 65.1 Å². The van der Waals surface area contributed by atoms with E-state index in [4.69, 9.17) is 9.72 Å². The molecule has 3 rings (SSSR count). The molecule has 1 aromatic heterocycles. The lowest BCUT2D eigenvalue weighted by molar-refractivity contribution is -0.133. The summed E-state index contributed by atoms with van der Waals surface area (Å²) in [5, 5.41) is 3.82. The van der Waals surface area contributed by atoms with E-state index in [0.29, 0.717) is 19.4 Å².